The zero-order valence-corrected chi connectivity index (χ0v) is 20.4. The van der Waals surface area contributed by atoms with Crippen LogP contribution in [-0.4, -0.2) is 14.2 Å². The van der Waals surface area contributed by atoms with Gasteiger partial charge < -0.3 is 15.2 Å². The van der Waals surface area contributed by atoms with Gasteiger partial charge in [-0.05, 0) is 64.4 Å². The van der Waals surface area contributed by atoms with E-state index in [1.807, 2.05) is 18.2 Å². The molecule has 0 heterocycles. The van der Waals surface area contributed by atoms with Crippen LogP contribution in [0.3, 0.4) is 0 Å². The van der Waals surface area contributed by atoms with Crippen molar-refractivity contribution < 1.29 is 9.47 Å². The number of methoxy groups -OCH3 is 2. The Hall–Kier alpha value is -3.46. The van der Waals surface area contributed by atoms with Crippen LogP contribution >= 0.6 is 0 Å². The highest BCUT2D eigenvalue weighted by Gasteiger charge is 2.27. The molecule has 3 aromatic rings. The van der Waals surface area contributed by atoms with Gasteiger partial charge in [-0.2, -0.15) is 0 Å². The first kappa shape index (κ1) is 22.7. The Kier molecular flexibility index (Phi) is 6.07. The molecular formula is C30H33NO2. The minimum atomic E-state index is 0.100. The van der Waals surface area contributed by atoms with Crippen LogP contribution in [0, 0.1) is 5.92 Å². The quantitative estimate of drug-likeness (QED) is 0.248. The Morgan fingerprint density at radius 3 is 2.15 bits per heavy atom. The van der Waals surface area contributed by atoms with E-state index in [-0.39, 0.29) is 5.41 Å². The molecule has 0 bridgehead atoms. The third-order valence-corrected chi connectivity index (χ3v) is 6.33. The molecule has 3 aromatic carbocycles. The Morgan fingerprint density at radius 1 is 0.939 bits per heavy atom. The number of allylic oxidation sites excluding steroid dienone is 3. The number of nitrogens with two attached hydrogens (primary N) is 1. The second kappa shape index (κ2) is 8.82. The summed E-state index contributed by atoms with van der Waals surface area (Å²) in [5, 5.41) is 0. The van der Waals surface area contributed by atoms with E-state index in [1.165, 1.54) is 16.7 Å². The Bertz CT molecular complexity index is 1230. The van der Waals surface area contributed by atoms with Gasteiger partial charge in [0.15, 0.2) is 11.5 Å². The van der Waals surface area contributed by atoms with Crippen molar-refractivity contribution in [2.45, 2.75) is 33.1 Å². The van der Waals surface area contributed by atoms with Crippen molar-refractivity contribution >= 4 is 17.3 Å². The molecule has 3 nitrogen and oxygen atoms in total. The predicted molar refractivity (Wildman–Crippen MR) is 140 cm³/mol. The lowest BCUT2D eigenvalue weighted by Gasteiger charge is -2.20. The fraction of sp³-hybridized carbons (Fsp3) is 0.267. The Balaban J connectivity index is 1.87. The maximum atomic E-state index is 6.27. The average Bonchev–Trinajstić information content (AvgIpc) is 3.53. The number of hydrogen-bond acceptors (Lipinski definition) is 3. The van der Waals surface area contributed by atoms with Gasteiger partial charge in [0.1, 0.15) is 0 Å². The third kappa shape index (κ3) is 4.68. The van der Waals surface area contributed by atoms with Crippen LogP contribution in [0.4, 0.5) is 5.69 Å². The van der Waals surface area contributed by atoms with E-state index >= 15 is 0 Å². The molecule has 1 aliphatic rings. The van der Waals surface area contributed by atoms with Crippen LogP contribution < -0.4 is 15.2 Å². The van der Waals surface area contributed by atoms with E-state index in [0.717, 1.165) is 39.4 Å². The average molecular weight is 440 g/mol. The van der Waals surface area contributed by atoms with E-state index in [4.69, 9.17) is 15.2 Å². The molecule has 2 N–H and O–H groups in total. The summed E-state index contributed by atoms with van der Waals surface area (Å²) in [5.41, 5.74) is 15.2. The minimum Gasteiger partial charge on any atom is -0.493 e. The number of para-hydroxylation sites is 1. The first-order valence-corrected chi connectivity index (χ1v) is 11.3. The smallest absolute Gasteiger partial charge is 0.168 e. The number of ether oxygens (including phenoxy) is 2. The summed E-state index contributed by atoms with van der Waals surface area (Å²) in [6.45, 7) is 8.84. The molecule has 0 unspecified atom stereocenters. The van der Waals surface area contributed by atoms with Gasteiger partial charge in [-0.3, -0.25) is 0 Å². The van der Waals surface area contributed by atoms with Crippen molar-refractivity contribution in [2.24, 2.45) is 5.92 Å². The van der Waals surface area contributed by atoms with Crippen molar-refractivity contribution in [1.29, 1.82) is 0 Å². The van der Waals surface area contributed by atoms with E-state index in [9.17, 15) is 0 Å². The minimum absolute atomic E-state index is 0.100. The maximum absolute atomic E-state index is 6.27. The van der Waals surface area contributed by atoms with E-state index in [1.54, 1.807) is 14.2 Å². The molecular weight excluding hydrogens is 406 g/mol. The number of hydrogen-bond donors (Lipinski definition) is 1. The lowest BCUT2D eigenvalue weighted by Crippen LogP contribution is -2.10. The van der Waals surface area contributed by atoms with Gasteiger partial charge in [0, 0.05) is 17.2 Å². The van der Waals surface area contributed by atoms with E-state index in [0.29, 0.717) is 5.92 Å². The van der Waals surface area contributed by atoms with Crippen LogP contribution in [0.5, 0.6) is 11.5 Å². The Labute approximate surface area is 197 Å². The molecule has 0 fully saturated rings. The zero-order valence-electron chi connectivity index (χ0n) is 20.4. The van der Waals surface area contributed by atoms with Crippen LogP contribution in [0.1, 0.15) is 44.4 Å². The zero-order chi connectivity index (χ0) is 23.8. The molecule has 0 radical (unpaired) electrons. The van der Waals surface area contributed by atoms with Gasteiger partial charge in [0.2, 0.25) is 0 Å². The van der Waals surface area contributed by atoms with Gasteiger partial charge >= 0.3 is 0 Å². The molecule has 0 aliphatic heterocycles. The molecule has 170 valence electrons. The van der Waals surface area contributed by atoms with Crippen molar-refractivity contribution in [2.75, 3.05) is 20.0 Å². The fourth-order valence-corrected chi connectivity index (χ4v) is 4.21. The summed E-state index contributed by atoms with van der Waals surface area (Å²) in [5.74, 6) is 1.76. The van der Waals surface area contributed by atoms with Gasteiger partial charge in [-0.15, -0.1) is 0 Å². The van der Waals surface area contributed by atoms with Crippen molar-refractivity contribution in [3.8, 4) is 22.6 Å². The second-order valence-corrected chi connectivity index (χ2v) is 9.70. The first-order chi connectivity index (χ1) is 15.7. The lowest BCUT2D eigenvalue weighted by atomic mass is 9.86. The molecule has 1 atom stereocenters. The van der Waals surface area contributed by atoms with Crippen molar-refractivity contribution in [3.63, 3.8) is 0 Å². The molecule has 0 amide bonds. The number of rotatable bonds is 6. The van der Waals surface area contributed by atoms with Crippen LogP contribution in [0.25, 0.3) is 22.8 Å². The summed E-state index contributed by atoms with van der Waals surface area (Å²) in [6, 6.07) is 21.0. The highest BCUT2D eigenvalue weighted by molar-refractivity contribution is 5.92. The van der Waals surface area contributed by atoms with Crippen LogP contribution in [0.2, 0.25) is 0 Å². The van der Waals surface area contributed by atoms with Gasteiger partial charge in [-0.25, -0.2) is 0 Å². The molecule has 0 saturated heterocycles. The van der Waals surface area contributed by atoms with Gasteiger partial charge in [0.05, 0.1) is 14.2 Å². The largest absolute Gasteiger partial charge is 0.493 e. The van der Waals surface area contributed by atoms with E-state index < -0.39 is 0 Å². The predicted octanol–water partition coefficient (Wildman–Crippen LogP) is 7.37. The Morgan fingerprint density at radius 2 is 1.61 bits per heavy atom. The highest BCUT2D eigenvalue weighted by Crippen LogP contribution is 2.47. The summed E-state index contributed by atoms with van der Waals surface area (Å²) in [6.07, 6.45) is 4.47. The first-order valence-electron chi connectivity index (χ1n) is 11.3. The molecule has 4 rings (SSSR count). The third-order valence-electron chi connectivity index (χ3n) is 6.33. The van der Waals surface area contributed by atoms with Crippen LogP contribution in [0.15, 0.2) is 72.3 Å². The van der Waals surface area contributed by atoms with E-state index in [2.05, 4.69) is 82.3 Å². The highest BCUT2D eigenvalue weighted by atomic mass is 16.5. The SMILES string of the molecule is COc1cc(/C(=C/c2ccccc2N)[C@@H]2C=C2C)cc(-c2ccc(C(C)(C)C)cc2)c1OC. The molecule has 0 saturated carbocycles. The molecule has 0 aromatic heterocycles. The second-order valence-electron chi connectivity index (χ2n) is 9.70. The summed E-state index contributed by atoms with van der Waals surface area (Å²) in [7, 11) is 3.38. The number of benzene rings is 3. The summed E-state index contributed by atoms with van der Waals surface area (Å²) >= 11 is 0. The topological polar surface area (TPSA) is 44.5 Å². The molecule has 3 heteroatoms. The monoisotopic (exact) mass is 439 g/mol. The van der Waals surface area contributed by atoms with Crippen molar-refractivity contribution in [3.05, 3.63) is 89.0 Å². The molecule has 33 heavy (non-hydrogen) atoms. The summed E-state index contributed by atoms with van der Waals surface area (Å²) in [4.78, 5) is 0. The summed E-state index contributed by atoms with van der Waals surface area (Å²) < 4.78 is 11.6. The van der Waals surface area contributed by atoms with Crippen LogP contribution in [-0.2, 0) is 5.41 Å². The molecule has 0 spiro atoms. The standard InChI is InChI=1S/C30H33NO2/c1-19-15-24(19)25(16-21-9-7-8-10-27(21)31)22-17-26(29(33-6)28(18-22)32-5)20-11-13-23(14-12-20)30(2,3)4/h7-18,24H,31H2,1-6H3/b25-16-/t24-/m1/s1. The van der Waals surface area contributed by atoms with Gasteiger partial charge in [-0.1, -0.05) is 74.9 Å². The normalized spacial score (nSPS) is 15.8. The fourth-order valence-electron chi connectivity index (χ4n) is 4.21. The van der Waals surface area contributed by atoms with Crippen molar-refractivity contribution in [1.82, 2.24) is 0 Å². The maximum Gasteiger partial charge on any atom is 0.168 e. The number of anilines is 1. The molecule has 1 aliphatic carbocycles. The number of nitrogen functional groups attached to an aromatic ring is 1. The van der Waals surface area contributed by atoms with Gasteiger partial charge in [0.25, 0.3) is 0 Å². The lowest BCUT2D eigenvalue weighted by molar-refractivity contribution is 0.356.